The summed E-state index contributed by atoms with van der Waals surface area (Å²) in [5, 5.41) is 0. The second-order valence-corrected chi connectivity index (χ2v) is 5.84. The Labute approximate surface area is 101 Å². The molecule has 2 N–H and O–H groups in total. The lowest BCUT2D eigenvalue weighted by Gasteiger charge is -2.40. The molecule has 16 heavy (non-hydrogen) atoms. The summed E-state index contributed by atoms with van der Waals surface area (Å²) in [4.78, 5) is 2.71. The molecule has 94 valence electrons. The first kappa shape index (κ1) is 12.4. The Bertz CT molecular complexity index is 189. The largest absolute Gasteiger partial charge is 0.328 e. The highest BCUT2D eigenvalue weighted by Gasteiger charge is 2.27. The monoisotopic (exact) mass is 224 g/mol. The molecule has 0 aromatic rings. The van der Waals surface area contributed by atoms with Crippen molar-refractivity contribution < 1.29 is 0 Å². The van der Waals surface area contributed by atoms with Gasteiger partial charge in [-0.05, 0) is 57.5 Å². The van der Waals surface area contributed by atoms with E-state index in [-0.39, 0.29) is 0 Å². The first-order valence-electron chi connectivity index (χ1n) is 7.29. The van der Waals surface area contributed by atoms with Gasteiger partial charge in [0.2, 0.25) is 0 Å². The Hall–Kier alpha value is -0.0800. The van der Waals surface area contributed by atoms with E-state index in [1.54, 1.807) is 0 Å². The quantitative estimate of drug-likeness (QED) is 0.798. The van der Waals surface area contributed by atoms with Crippen LogP contribution in [0.15, 0.2) is 0 Å². The minimum absolute atomic E-state index is 0.479. The fourth-order valence-corrected chi connectivity index (χ4v) is 3.49. The molecule has 1 saturated carbocycles. The van der Waals surface area contributed by atoms with Gasteiger partial charge in [0.1, 0.15) is 0 Å². The molecule has 2 heteroatoms. The lowest BCUT2D eigenvalue weighted by Crippen LogP contribution is -2.46. The van der Waals surface area contributed by atoms with Gasteiger partial charge >= 0.3 is 0 Å². The Kier molecular flexibility index (Phi) is 4.66. The molecule has 2 aliphatic rings. The van der Waals surface area contributed by atoms with Gasteiger partial charge in [-0.3, -0.25) is 0 Å². The Morgan fingerprint density at radius 1 is 1.00 bits per heavy atom. The van der Waals surface area contributed by atoms with E-state index in [9.17, 15) is 0 Å². The van der Waals surface area contributed by atoms with Crippen LogP contribution in [0, 0.1) is 5.92 Å². The molecule has 1 saturated heterocycles. The maximum absolute atomic E-state index is 5.96. The number of piperidine rings is 1. The Morgan fingerprint density at radius 3 is 2.19 bits per heavy atom. The first-order valence-corrected chi connectivity index (χ1v) is 7.29. The summed E-state index contributed by atoms with van der Waals surface area (Å²) in [5.41, 5.74) is 5.96. The number of likely N-dealkylation sites (tertiary alicyclic amines) is 1. The zero-order chi connectivity index (χ0) is 11.4. The lowest BCUT2D eigenvalue weighted by molar-refractivity contribution is 0.106. The minimum atomic E-state index is 0.479. The van der Waals surface area contributed by atoms with Crippen molar-refractivity contribution in [3.05, 3.63) is 0 Å². The summed E-state index contributed by atoms with van der Waals surface area (Å²) in [6.07, 6.45) is 11.1. The summed E-state index contributed by atoms with van der Waals surface area (Å²) in [7, 11) is 0. The van der Waals surface area contributed by atoms with Crippen LogP contribution >= 0.6 is 0 Å². The van der Waals surface area contributed by atoms with Crippen molar-refractivity contribution in [2.75, 3.05) is 13.1 Å². The van der Waals surface area contributed by atoms with Crippen molar-refractivity contribution in [1.82, 2.24) is 4.90 Å². The van der Waals surface area contributed by atoms with Gasteiger partial charge in [0.25, 0.3) is 0 Å². The number of rotatable bonds is 3. The van der Waals surface area contributed by atoms with Gasteiger partial charge in [0.15, 0.2) is 0 Å². The second kappa shape index (κ2) is 6.02. The molecule has 0 radical (unpaired) electrons. The number of nitrogens with zero attached hydrogens (tertiary/aromatic N) is 1. The second-order valence-electron chi connectivity index (χ2n) is 5.84. The maximum Gasteiger partial charge on any atom is 0.00954 e. The molecular weight excluding hydrogens is 196 g/mol. The van der Waals surface area contributed by atoms with Crippen molar-refractivity contribution in [2.45, 2.75) is 70.4 Å². The molecule has 1 aliphatic carbocycles. The molecule has 2 nitrogen and oxygen atoms in total. The van der Waals surface area contributed by atoms with Gasteiger partial charge in [0, 0.05) is 12.1 Å². The van der Waals surface area contributed by atoms with Crippen LogP contribution in [-0.4, -0.2) is 30.1 Å². The highest BCUT2D eigenvalue weighted by molar-refractivity contribution is 4.83. The van der Waals surface area contributed by atoms with E-state index in [0.717, 1.165) is 12.0 Å². The lowest BCUT2D eigenvalue weighted by atomic mass is 9.82. The van der Waals surface area contributed by atoms with Crippen molar-refractivity contribution in [2.24, 2.45) is 11.7 Å². The van der Waals surface area contributed by atoms with Gasteiger partial charge in [-0.25, -0.2) is 0 Å². The molecule has 0 amide bonds. The third-order valence-corrected chi connectivity index (χ3v) is 4.60. The van der Waals surface area contributed by atoms with Crippen molar-refractivity contribution in [3.8, 4) is 0 Å². The number of hydrogen-bond acceptors (Lipinski definition) is 2. The molecular formula is C14H28N2. The molecule has 0 unspecified atom stereocenters. The average Bonchev–Trinajstić information content (AvgIpc) is 2.32. The Morgan fingerprint density at radius 2 is 1.62 bits per heavy atom. The summed E-state index contributed by atoms with van der Waals surface area (Å²) in [6.45, 7) is 4.83. The van der Waals surface area contributed by atoms with Crippen LogP contribution in [0.3, 0.4) is 0 Å². The topological polar surface area (TPSA) is 29.3 Å². The summed E-state index contributed by atoms with van der Waals surface area (Å²) in [5.74, 6) is 1.04. The van der Waals surface area contributed by atoms with Gasteiger partial charge in [-0.2, -0.15) is 0 Å². The van der Waals surface area contributed by atoms with Crippen molar-refractivity contribution in [1.29, 1.82) is 0 Å². The van der Waals surface area contributed by atoms with Crippen LogP contribution in [0.25, 0.3) is 0 Å². The van der Waals surface area contributed by atoms with E-state index in [4.69, 9.17) is 5.73 Å². The molecule has 0 atom stereocenters. The molecule has 2 fully saturated rings. The molecule has 0 aromatic heterocycles. The molecule has 1 aliphatic heterocycles. The van der Waals surface area contributed by atoms with Crippen LogP contribution in [0.2, 0.25) is 0 Å². The van der Waals surface area contributed by atoms with Crippen molar-refractivity contribution >= 4 is 0 Å². The minimum Gasteiger partial charge on any atom is -0.328 e. The maximum atomic E-state index is 5.96. The van der Waals surface area contributed by atoms with E-state index < -0.39 is 0 Å². The zero-order valence-corrected chi connectivity index (χ0v) is 10.8. The van der Waals surface area contributed by atoms with Gasteiger partial charge in [-0.1, -0.05) is 19.8 Å². The van der Waals surface area contributed by atoms with Crippen molar-refractivity contribution in [3.63, 3.8) is 0 Å². The van der Waals surface area contributed by atoms with E-state index in [2.05, 4.69) is 11.8 Å². The summed E-state index contributed by atoms with van der Waals surface area (Å²) in [6, 6.07) is 1.37. The highest BCUT2D eigenvalue weighted by Crippen LogP contribution is 2.31. The van der Waals surface area contributed by atoms with Gasteiger partial charge in [-0.15, -0.1) is 0 Å². The molecule has 0 bridgehead atoms. The molecule has 0 spiro atoms. The fraction of sp³-hybridized carbons (Fsp3) is 1.00. The molecule has 0 aromatic carbocycles. The number of hydrogen-bond donors (Lipinski definition) is 1. The smallest absolute Gasteiger partial charge is 0.00954 e. The predicted molar refractivity (Wildman–Crippen MR) is 69.4 cm³/mol. The van der Waals surface area contributed by atoms with Crippen LogP contribution in [0.5, 0.6) is 0 Å². The first-order chi connectivity index (χ1) is 7.79. The van der Waals surface area contributed by atoms with Crippen LogP contribution < -0.4 is 5.73 Å². The van der Waals surface area contributed by atoms with Gasteiger partial charge < -0.3 is 10.6 Å². The summed E-state index contributed by atoms with van der Waals surface area (Å²) < 4.78 is 0. The van der Waals surface area contributed by atoms with E-state index >= 15 is 0 Å². The third-order valence-electron chi connectivity index (χ3n) is 4.60. The SMILES string of the molecule is CCCC1CCC(N2CCC(N)CC2)CC1. The van der Waals surface area contributed by atoms with E-state index in [1.165, 1.54) is 64.5 Å². The summed E-state index contributed by atoms with van der Waals surface area (Å²) >= 11 is 0. The van der Waals surface area contributed by atoms with Gasteiger partial charge in [0.05, 0.1) is 0 Å². The average molecular weight is 224 g/mol. The third kappa shape index (κ3) is 3.21. The van der Waals surface area contributed by atoms with E-state index in [0.29, 0.717) is 6.04 Å². The standard InChI is InChI=1S/C14H28N2/c1-2-3-12-4-6-14(7-5-12)16-10-8-13(15)9-11-16/h12-14H,2-11,15H2,1H3. The Balaban J connectivity index is 1.72. The molecule has 2 rings (SSSR count). The van der Waals surface area contributed by atoms with Crippen LogP contribution in [0.4, 0.5) is 0 Å². The number of nitrogens with two attached hydrogens (primary N) is 1. The molecule has 1 heterocycles. The van der Waals surface area contributed by atoms with Crippen LogP contribution in [-0.2, 0) is 0 Å². The normalized spacial score (nSPS) is 34.1. The van der Waals surface area contributed by atoms with E-state index in [1.807, 2.05) is 0 Å². The highest BCUT2D eigenvalue weighted by atomic mass is 15.2. The van der Waals surface area contributed by atoms with Crippen LogP contribution in [0.1, 0.15) is 58.3 Å². The predicted octanol–water partition coefficient (Wildman–Crippen LogP) is 2.77. The fourth-order valence-electron chi connectivity index (χ4n) is 3.49. The zero-order valence-electron chi connectivity index (χ0n) is 10.8.